The second-order valence-electron chi connectivity index (χ2n) is 6.63. The van der Waals surface area contributed by atoms with E-state index >= 15 is 0 Å². The number of carbonyl (C=O) groups is 2. The Morgan fingerprint density at radius 3 is 2.17 bits per heavy atom. The highest BCUT2D eigenvalue weighted by molar-refractivity contribution is 7.98. The Balaban J connectivity index is 2.01. The molecule has 162 valence electrons. The van der Waals surface area contributed by atoms with Crippen molar-refractivity contribution in [2.24, 2.45) is 0 Å². The molecule has 29 heavy (non-hydrogen) atoms. The first-order chi connectivity index (χ1) is 13.7. The van der Waals surface area contributed by atoms with Crippen LogP contribution in [0.25, 0.3) is 0 Å². The van der Waals surface area contributed by atoms with Crippen LogP contribution in [0.3, 0.4) is 0 Å². The summed E-state index contributed by atoms with van der Waals surface area (Å²) in [4.78, 5) is 28.8. The van der Waals surface area contributed by atoms with Crippen molar-refractivity contribution in [2.45, 2.75) is 19.4 Å². The van der Waals surface area contributed by atoms with Crippen molar-refractivity contribution in [3.8, 4) is 0 Å². The summed E-state index contributed by atoms with van der Waals surface area (Å²) in [7, 11) is -3.50. The van der Waals surface area contributed by atoms with E-state index in [0.29, 0.717) is 54.0 Å². The van der Waals surface area contributed by atoms with E-state index in [1.807, 2.05) is 6.26 Å². The molecule has 1 fully saturated rings. The van der Waals surface area contributed by atoms with Crippen LogP contribution in [0.5, 0.6) is 0 Å². The predicted molar refractivity (Wildman–Crippen MR) is 118 cm³/mol. The van der Waals surface area contributed by atoms with E-state index in [1.165, 1.54) is 6.92 Å². The highest BCUT2D eigenvalue weighted by Crippen LogP contribution is 2.21. The molecule has 2 amide bonds. The summed E-state index contributed by atoms with van der Waals surface area (Å²) in [6.45, 7) is 2.91. The molecule has 0 saturated carbocycles. The first-order valence-electron chi connectivity index (χ1n) is 9.20. The summed E-state index contributed by atoms with van der Waals surface area (Å²) in [6, 6.07) is 3.89. The van der Waals surface area contributed by atoms with E-state index in [1.54, 1.807) is 39.8 Å². The van der Waals surface area contributed by atoms with Crippen molar-refractivity contribution in [3.63, 3.8) is 0 Å². The molecule has 1 saturated heterocycles. The molecule has 1 aliphatic rings. The average molecular weight is 482 g/mol. The van der Waals surface area contributed by atoms with Gasteiger partial charge in [0.05, 0.1) is 5.75 Å². The number of rotatable bonds is 8. The van der Waals surface area contributed by atoms with Crippen molar-refractivity contribution in [1.82, 2.24) is 14.5 Å². The van der Waals surface area contributed by atoms with E-state index < -0.39 is 16.1 Å². The van der Waals surface area contributed by atoms with Gasteiger partial charge in [0, 0.05) is 41.8 Å². The topological polar surface area (TPSA) is 86.8 Å². The number of nitrogens with one attached hydrogen (secondary N) is 1. The molecule has 1 unspecified atom stereocenters. The Bertz CT molecular complexity index is 823. The van der Waals surface area contributed by atoms with Crippen LogP contribution in [-0.2, 0) is 14.8 Å². The van der Waals surface area contributed by atoms with Crippen LogP contribution < -0.4 is 4.72 Å². The van der Waals surface area contributed by atoms with E-state index in [2.05, 4.69) is 4.72 Å². The SMILES string of the molecule is CCS(=O)(=O)NC(CCSC)C(=O)N1CCN(C(=O)c2cc(Cl)cc(Cl)c2)CC1. The maximum Gasteiger partial charge on any atom is 0.254 e. The van der Waals surface area contributed by atoms with Gasteiger partial charge in [-0.05, 0) is 43.6 Å². The average Bonchev–Trinajstić information content (AvgIpc) is 2.69. The zero-order valence-electron chi connectivity index (χ0n) is 16.4. The number of carbonyl (C=O) groups excluding carboxylic acids is 2. The van der Waals surface area contributed by atoms with Crippen molar-refractivity contribution >= 4 is 56.8 Å². The molecule has 1 N–H and O–H groups in total. The molecule has 2 rings (SSSR count). The Kier molecular flexibility index (Phi) is 9.09. The number of thioether (sulfide) groups is 1. The van der Waals surface area contributed by atoms with Gasteiger partial charge in [-0.3, -0.25) is 9.59 Å². The predicted octanol–water partition coefficient (Wildman–Crippen LogP) is 2.34. The monoisotopic (exact) mass is 481 g/mol. The summed E-state index contributed by atoms with van der Waals surface area (Å²) < 4.78 is 26.4. The molecule has 0 aromatic heterocycles. The maximum absolute atomic E-state index is 12.9. The minimum absolute atomic E-state index is 0.0828. The first-order valence-corrected chi connectivity index (χ1v) is 13.0. The molecule has 0 aliphatic carbocycles. The molecule has 0 bridgehead atoms. The van der Waals surface area contributed by atoms with Gasteiger partial charge in [-0.25, -0.2) is 13.1 Å². The van der Waals surface area contributed by atoms with Crippen LogP contribution in [0.2, 0.25) is 10.0 Å². The number of benzene rings is 1. The highest BCUT2D eigenvalue weighted by Gasteiger charge is 2.31. The highest BCUT2D eigenvalue weighted by atomic mass is 35.5. The molecule has 1 aliphatic heterocycles. The third-order valence-electron chi connectivity index (χ3n) is 4.60. The standard InChI is InChI=1S/C18H25Cl2N3O4S2/c1-3-29(26,27)21-16(4-9-28-2)18(25)23-7-5-22(6-8-23)17(24)13-10-14(19)12-15(20)11-13/h10-12,16,21H,3-9H2,1-2H3. The fraction of sp³-hybridized carbons (Fsp3) is 0.556. The summed E-state index contributed by atoms with van der Waals surface area (Å²) in [5.74, 6) is 0.123. The number of sulfonamides is 1. The zero-order valence-corrected chi connectivity index (χ0v) is 19.5. The van der Waals surface area contributed by atoms with Crippen molar-refractivity contribution in [3.05, 3.63) is 33.8 Å². The Morgan fingerprint density at radius 2 is 1.66 bits per heavy atom. The van der Waals surface area contributed by atoms with Crippen molar-refractivity contribution < 1.29 is 18.0 Å². The summed E-state index contributed by atoms with van der Waals surface area (Å²) >= 11 is 13.5. The van der Waals surface area contributed by atoms with Gasteiger partial charge in [-0.15, -0.1) is 0 Å². The van der Waals surface area contributed by atoms with Crippen LogP contribution in [0.15, 0.2) is 18.2 Å². The minimum Gasteiger partial charge on any atom is -0.338 e. The van der Waals surface area contributed by atoms with Gasteiger partial charge in [0.2, 0.25) is 15.9 Å². The third-order valence-corrected chi connectivity index (χ3v) is 7.08. The molecule has 0 radical (unpaired) electrons. The number of amides is 2. The van der Waals surface area contributed by atoms with Crippen LogP contribution in [0.4, 0.5) is 0 Å². The Hall–Kier alpha value is -1.000. The van der Waals surface area contributed by atoms with Gasteiger partial charge < -0.3 is 9.80 Å². The van der Waals surface area contributed by atoms with Gasteiger partial charge in [0.15, 0.2) is 0 Å². The number of nitrogens with zero attached hydrogens (tertiary/aromatic N) is 2. The van der Waals surface area contributed by atoms with Gasteiger partial charge in [-0.1, -0.05) is 23.2 Å². The molecule has 1 aromatic carbocycles. The zero-order chi connectivity index (χ0) is 21.6. The lowest BCUT2D eigenvalue weighted by atomic mass is 10.1. The molecular weight excluding hydrogens is 457 g/mol. The first kappa shape index (κ1) is 24.3. The molecule has 0 spiro atoms. The molecule has 1 aromatic rings. The molecule has 7 nitrogen and oxygen atoms in total. The second kappa shape index (κ2) is 10.9. The largest absolute Gasteiger partial charge is 0.338 e. The second-order valence-corrected chi connectivity index (χ2v) is 10.5. The van der Waals surface area contributed by atoms with E-state index in [4.69, 9.17) is 23.2 Å². The Morgan fingerprint density at radius 1 is 1.10 bits per heavy atom. The van der Waals surface area contributed by atoms with E-state index in [-0.39, 0.29) is 17.6 Å². The molecule has 1 heterocycles. The van der Waals surface area contributed by atoms with E-state index in [9.17, 15) is 18.0 Å². The number of piperazine rings is 1. The van der Waals surface area contributed by atoms with Gasteiger partial charge in [0.25, 0.3) is 5.91 Å². The van der Waals surface area contributed by atoms with Gasteiger partial charge >= 0.3 is 0 Å². The van der Waals surface area contributed by atoms with Crippen LogP contribution in [0.1, 0.15) is 23.7 Å². The van der Waals surface area contributed by atoms with Crippen LogP contribution in [-0.4, -0.2) is 80.0 Å². The van der Waals surface area contributed by atoms with Gasteiger partial charge in [0.1, 0.15) is 6.04 Å². The maximum atomic E-state index is 12.9. The van der Waals surface area contributed by atoms with E-state index in [0.717, 1.165) is 0 Å². The van der Waals surface area contributed by atoms with Crippen molar-refractivity contribution in [2.75, 3.05) is 43.9 Å². The fourth-order valence-electron chi connectivity index (χ4n) is 2.98. The normalized spacial score (nSPS) is 16.0. The molecule has 11 heteroatoms. The minimum atomic E-state index is -3.50. The summed E-state index contributed by atoms with van der Waals surface area (Å²) in [5, 5.41) is 0.768. The number of hydrogen-bond acceptors (Lipinski definition) is 5. The quantitative estimate of drug-likeness (QED) is 0.615. The number of halogens is 2. The lowest BCUT2D eigenvalue weighted by molar-refractivity contribution is -0.134. The summed E-state index contributed by atoms with van der Waals surface area (Å²) in [5.41, 5.74) is 0.399. The number of hydrogen-bond donors (Lipinski definition) is 1. The Labute approximate surface area is 186 Å². The molecule has 1 atom stereocenters. The lowest BCUT2D eigenvalue weighted by Crippen LogP contribution is -2.56. The van der Waals surface area contributed by atoms with Crippen LogP contribution in [0, 0.1) is 0 Å². The summed E-state index contributed by atoms with van der Waals surface area (Å²) in [6.07, 6.45) is 2.32. The van der Waals surface area contributed by atoms with Crippen molar-refractivity contribution in [1.29, 1.82) is 0 Å². The fourth-order valence-corrected chi connectivity index (χ4v) is 4.80. The lowest BCUT2D eigenvalue weighted by Gasteiger charge is -2.36. The van der Waals surface area contributed by atoms with Gasteiger partial charge in [-0.2, -0.15) is 11.8 Å². The smallest absolute Gasteiger partial charge is 0.254 e. The third kappa shape index (κ3) is 7.03. The molecular formula is C18H25Cl2N3O4S2. The van der Waals surface area contributed by atoms with Crippen LogP contribution >= 0.6 is 35.0 Å².